The highest BCUT2D eigenvalue weighted by Crippen LogP contribution is 2.39. The third-order valence-corrected chi connectivity index (χ3v) is 9.55. The number of rotatable bonds is 5. The largest absolute Gasteiger partial charge is 0.311 e. The van der Waals surface area contributed by atoms with E-state index in [0.717, 1.165) is 16.7 Å². The lowest BCUT2D eigenvalue weighted by Gasteiger charge is -2.39. The fourth-order valence-corrected chi connectivity index (χ4v) is 7.68. The van der Waals surface area contributed by atoms with Crippen LogP contribution in [-0.2, 0) is 21.2 Å². The average Bonchev–Trinajstić information content (AvgIpc) is 3.30. The van der Waals surface area contributed by atoms with Crippen LogP contribution in [0.25, 0.3) is 0 Å². The second-order valence-corrected chi connectivity index (χ2v) is 12.4. The summed E-state index contributed by atoms with van der Waals surface area (Å²) in [6, 6.07) is 21.6. The maximum absolute atomic E-state index is 13.9. The van der Waals surface area contributed by atoms with Crippen molar-refractivity contribution in [1.82, 2.24) is 9.21 Å². The second kappa shape index (κ2) is 10.3. The number of sulfonamides is 1. The number of amides is 1. The number of piperazine rings is 1. The molecule has 0 saturated carbocycles. The lowest BCUT2D eigenvalue weighted by molar-refractivity contribution is -0.116. The quantitative estimate of drug-likeness (QED) is 0.416. The Kier molecular flexibility index (Phi) is 7.25. The molecule has 2 aliphatic rings. The Hall–Kier alpha value is -2.23. The van der Waals surface area contributed by atoms with Gasteiger partial charge in [-0.3, -0.25) is 9.69 Å². The molecule has 1 atom stereocenters. The monoisotopic (exact) mass is 587 g/mol. The van der Waals surface area contributed by atoms with Crippen LogP contribution in [0.15, 0.2) is 76.1 Å². The predicted molar refractivity (Wildman–Crippen MR) is 146 cm³/mol. The lowest BCUT2D eigenvalue weighted by Crippen LogP contribution is -2.50. The number of carbonyl (C=O) groups is 1. The molecule has 1 amide bonds. The summed E-state index contributed by atoms with van der Waals surface area (Å²) < 4.78 is 30.0. The minimum atomic E-state index is -3.79. The van der Waals surface area contributed by atoms with Gasteiger partial charge in [-0.15, -0.1) is 0 Å². The molecule has 1 saturated heterocycles. The number of nitrogens with zero attached hydrogens (tertiary/aromatic N) is 3. The first-order valence-corrected chi connectivity index (χ1v) is 14.5. The maximum Gasteiger partial charge on any atom is 0.245 e. The normalized spacial score (nSPS) is 17.7. The highest BCUT2D eigenvalue weighted by atomic mass is 79.9. The zero-order valence-electron chi connectivity index (χ0n) is 19.9. The Morgan fingerprint density at radius 2 is 1.56 bits per heavy atom. The molecule has 36 heavy (non-hydrogen) atoms. The first-order chi connectivity index (χ1) is 17.3. The lowest BCUT2D eigenvalue weighted by atomic mass is 9.96. The minimum Gasteiger partial charge on any atom is -0.311 e. The molecule has 5 rings (SSSR count). The van der Waals surface area contributed by atoms with E-state index in [2.05, 4.69) is 33.0 Å². The van der Waals surface area contributed by atoms with Crippen molar-refractivity contribution in [2.45, 2.75) is 24.3 Å². The van der Waals surface area contributed by atoms with Gasteiger partial charge in [-0.25, -0.2) is 8.42 Å². The van der Waals surface area contributed by atoms with E-state index >= 15 is 0 Å². The number of anilines is 1. The molecule has 188 valence electrons. The van der Waals surface area contributed by atoms with Gasteiger partial charge < -0.3 is 4.90 Å². The van der Waals surface area contributed by atoms with E-state index in [4.69, 9.17) is 11.6 Å². The van der Waals surface area contributed by atoms with Crippen molar-refractivity contribution in [1.29, 1.82) is 0 Å². The Morgan fingerprint density at radius 1 is 0.917 bits per heavy atom. The van der Waals surface area contributed by atoms with Gasteiger partial charge in [-0.1, -0.05) is 70.0 Å². The summed E-state index contributed by atoms with van der Waals surface area (Å²) in [5.41, 5.74) is 3.67. The highest BCUT2D eigenvalue weighted by molar-refractivity contribution is 9.10. The van der Waals surface area contributed by atoms with E-state index in [9.17, 15) is 13.2 Å². The zero-order chi connectivity index (χ0) is 25.4. The molecule has 0 aromatic heterocycles. The van der Waals surface area contributed by atoms with Gasteiger partial charge in [0.25, 0.3) is 0 Å². The predicted octanol–water partition coefficient (Wildman–Crippen LogP) is 5.11. The number of benzene rings is 3. The molecule has 0 radical (unpaired) electrons. The highest BCUT2D eigenvalue weighted by Gasteiger charge is 2.37. The number of carbonyl (C=O) groups excluding carboxylic acids is 1. The van der Waals surface area contributed by atoms with Crippen LogP contribution in [0, 0.1) is 0 Å². The first kappa shape index (κ1) is 25.4. The van der Waals surface area contributed by atoms with Crippen molar-refractivity contribution < 1.29 is 13.2 Å². The van der Waals surface area contributed by atoms with E-state index < -0.39 is 10.0 Å². The van der Waals surface area contributed by atoms with Gasteiger partial charge in [0.1, 0.15) is 4.90 Å². The van der Waals surface area contributed by atoms with Gasteiger partial charge in [0.15, 0.2) is 0 Å². The number of hydrogen-bond donors (Lipinski definition) is 0. The molecule has 0 bridgehead atoms. The van der Waals surface area contributed by atoms with Crippen molar-refractivity contribution in [2.24, 2.45) is 0 Å². The van der Waals surface area contributed by atoms with Crippen molar-refractivity contribution in [2.75, 3.05) is 37.6 Å². The van der Waals surface area contributed by atoms with Gasteiger partial charge in [0.05, 0.1) is 11.7 Å². The molecule has 0 unspecified atom stereocenters. The van der Waals surface area contributed by atoms with Crippen molar-refractivity contribution in [3.05, 3.63) is 92.9 Å². The maximum atomic E-state index is 13.9. The topological polar surface area (TPSA) is 60.9 Å². The summed E-state index contributed by atoms with van der Waals surface area (Å²) >= 11 is 9.61. The van der Waals surface area contributed by atoms with Crippen LogP contribution in [0.1, 0.15) is 29.7 Å². The molecular formula is C27H27BrClN3O3S. The van der Waals surface area contributed by atoms with Gasteiger partial charge in [0.2, 0.25) is 15.9 Å². The van der Waals surface area contributed by atoms with Crippen LogP contribution in [-0.4, -0.2) is 56.3 Å². The first-order valence-electron chi connectivity index (χ1n) is 11.9. The van der Waals surface area contributed by atoms with Crippen LogP contribution < -0.4 is 4.90 Å². The van der Waals surface area contributed by atoms with Crippen LogP contribution in [0.4, 0.5) is 5.69 Å². The van der Waals surface area contributed by atoms with Crippen molar-refractivity contribution in [3.8, 4) is 0 Å². The van der Waals surface area contributed by atoms with Crippen LogP contribution in [0.5, 0.6) is 0 Å². The number of fused-ring (bicyclic) bond motifs is 1. The summed E-state index contributed by atoms with van der Waals surface area (Å²) in [6.07, 6.45) is 0.643. The molecule has 0 spiro atoms. The Morgan fingerprint density at radius 3 is 2.19 bits per heavy atom. The van der Waals surface area contributed by atoms with Crippen molar-refractivity contribution >= 4 is 49.1 Å². The fourth-order valence-electron chi connectivity index (χ4n) is 5.22. The third-order valence-electron chi connectivity index (χ3n) is 6.93. The molecule has 2 aliphatic heterocycles. The van der Waals surface area contributed by atoms with Crippen LogP contribution in [0.2, 0.25) is 5.02 Å². The van der Waals surface area contributed by atoms with E-state index in [0.29, 0.717) is 54.3 Å². The summed E-state index contributed by atoms with van der Waals surface area (Å²) in [6.45, 7) is 3.85. The Bertz CT molecular complexity index is 1380. The summed E-state index contributed by atoms with van der Waals surface area (Å²) in [7, 11) is -3.79. The standard InChI is InChI=1S/C27H27BrClN3O3S/c1-19(33)32-12-11-22-17-23(28)18-25(27(22)32)36(34,35)31-15-13-30(14-16-31)26(20-5-3-2-4-6-20)21-7-9-24(29)10-8-21/h2-10,17-18,26H,11-16H2,1H3/t26-/m1/s1. The molecule has 9 heteroatoms. The molecule has 1 fully saturated rings. The fraction of sp³-hybridized carbons (Fsp3) is 0.296. The van der Waals surface area contributed by atoms with E-state index in [1.54, 1.807) is 15.3 Å². The van der Waals surface area contributed by atoms with E-state index in [1.807, 2.05) is 48.5 Å². The molecule has 6 nitrogen and oxygen atoms in total. The number of hydrogen-bond acceptors (Lipinski definition) is 4. The average molecular weight is 589 g/mol. The molecule has 0 N–H and O–H groups in total. The SMILES string of the molecule is CC(=O)N1CCc2cc(Br)cc(S(=O)(=O)N3CCN([C@H](c4ccccc4)c4ccc(Cl)cc4)CC3)c21. The van der Waals surface area contributed by atoms with Crippen molar-refractivity contribution in [3.63, 3.8) is 0 Å². The van der Waals surface area contributed by atoms with Crippen LogP contribution in [0.3, 0.4) is 0 Å². The van der Waals surface area contributed by atoms with E-state index in [-0.39, 0.29) is 16.8 Å². The van der Waals surface area contributed by atoms with Gasteiger partial charge in [-0.05, 0) is 47.4 Å². The van der Waals surface area contributed by atoms with Gasteiger partial charge >= 0.3 is 0 Å². The molecule has 3 aromatic carbocycles. The Balaban J connectivity index is 1.42. The molecular weight excluding hydrogens is 562 g/mol. The minimum absolute atomic E-state index is 0.00311. The third kappa shape index (κ3) is 4.85. The summed E-state index contributed by atoms with van der Waals surface area (Å²) in [4.78, 5) is 16.3. The summed E-state index contributed by atoms with van der Waals surface area (Å²) in [5.74, 6) is -0.147. The Labute approximate surface area is 225 Å². The van der Waals surface area contributed by atoms with E-state index in [1.165, 1.54) is 6.92 Å². The smallest absolute Gasteiger partial charge is 0.245 e. The zero-order valence-corrected chi connectivity index (χ0v) is 23.1. The second-order valence-electron chi connectivity index (χ2n) is 9.14. The molecule has 0 aliphatic carbocycles. The number of halogens is 2. The van der Waals surface area contributed by atoms with Gasteiger partial charge in [0, 0.05) is 49.1 Å². The molecule has 2 heterocycles. The summed E-state index contributed by atoms with van der Waals surface area (Å²) in [5, 5.41) is 0.683. The van der Waals surface area contributed by atoms with Crippen LogP contribution >= 0.6 is 27.5 Å². The molecule has 3 aromatic rings. The van der Waals surface area contributed by atoms with Gasteiger partial charge in [-0.2, -0.15) is 4.31 Å².